The van der Waals surface area contributed by atoms with Gasteiger partial charge in [-0.05, 0) is 12.8 Å². The molecule has 64 valence electrons. The van der Waals surface area contributed by atoms with Crippen LogP contribution in [0.3, 0.4) is 0 Å². The summed E-state index contributed by atoms with van der Waals surface area (Å²) >= 11 is 0. The number of nitrogens with zero attached hydrogens (tertiary/aromatic N) is 2. The summed E-state index contributed by atoms with van der Waals surface area (Å²) in [5.74, 6) is 1.47. The van der Waals surface area contributed by atoms with Gasteiger partial charge in [0, 0.05) is 17.6 Å². The van der Waals surface area contributed by atoms with Crippen molar-refractivity contribution in [2.45, 2.75) is 26.7 Å². The number of hydrogen-bond acceptors (Lipinski definition) is 1. The van der Waals surface area contributed by atoms with Crippen molar-refractivity contribution in [2.75, 3.05) is 0 Å². The van der Waals surface area contributed by atoms with Crippen molar-refractivity contribution in [3.63, 3.8) is 0 Å². The molecule has 3 nitrogen and oxygen atoms in total. The van der Waals surface area contributed by atoms with Crippen molar-refractivity contribution in [1.29, 1.82) is 0 Å². The molecular formula is C9H13N3. The normalized spacial score (nSPS) is 11.7. The predicted molar refractivity (Wildman–Crippen MR) is 48.4 cm³/mol. The first-order valence-corrected chi connectivity index (χ1v) is 4.21. The molecule has 0 amide bonds. The van der Waals surface area contributed by atoms with Gasteiger partial charge in [0.2, 0.25) is 5.78 Å². The molecule has 0 spiro atoms. The molecule has 1 N–H and O–H groups in total. The summed E-state index contributed by atoms with van der Waals surface area (Å²) in [5.41, 5.74) is 2.41. The molecule has 2 aromatic rings. The zero-order valence-corrected chi connectivity index (χ0v) is 7.63. The standard InChI is InChI=1S/C9H13N3/c1-6(2)8-5-12-7(3)4-10-9(12)11-8/h4-6H,1-3H3,(H,10,11). The maximum absolute atomic E-state index is 4.23. The highest BCUT2D eigenvalue weighted by Crippen LogP contribution is 2.14. The van der Waals surface area contributed by atoms with Crippen molar-refractivity contribution in [3.05, 3.63) is 23.8 Å². The van der Waals surface area contributed by atoms with Gasteiger partial charge >= 0.3 is 0 Å². The zero-order chi connectivity index (χ0) is 8.72. The fourth-order valence-electron chi connectivity index (χ4n) is 1.30. The van der Waals surface area contributed by atoms with Crippen LogP contribution in [0.1, 0.15) is 31.2 Å². The largest absolute Gasteiger partial charge is 0.327 e. The Labute approximate surface area is 71.4 Å². The van der Waals surface area contributed by atoms with Crippen molar-refractivity contribution in [1.82, 2.24) is 14.4 Å². The van der Waals surface area contributed by atoms with Gasteiger partial charge in [0.05, 0.1) is 6.20 Å². The van der Waals surface area contributed by atoms with Crippen LogP contribution in [0.2, 0.25) is 0 Å². The molecule has 0 aliphatic carbocycles. The summed E-state index contributed by atoms with van der Waals surface area (Å²) in [4.78, 5) is 7.50. The molecule has 0 radical (unpaired) electrons. The molecule has 0 unspecified atom stereocenters. The third kappa shape index (κ3) is 0.932. The van der Waals surface area contributed by atoms with E-state index in [4.69, 9.17) is 0 Å². The molecule has 0 aromatic carbocycles. The van der Waals surface area contributed by atoms with Gasteiger partial charge in [-0.3, -0.25) is 4.40 Å². The van der Waals surface area contributed by atoms with E-state index in [0.29, 0.717) is 5.92 Å². The number of hydrogen-bond donors (Lipinski definition) is 1. The van der Waals surface area contributed by atoms with E-state index in [2.05, 4.69) is 41.3 Å². The van der Waals surface area contributed by atoms with Gasteiger partial charge in [-0.1, -0.05) is 13.8 Å². The lowest BCUT2D eigenvalue weighted by molar-refractivity contribution is 0.832. The molecule has 0 bridgehead atoms. The lowest BCUT2D eigenvalue weighted by atomic mass is 10.2. The predicted octanol–water partition coefficient (Wildman–Crippen LogP) is 2.09. The van der Waals surface area contributed by atoms with E-state index in [1.807, 2.05) is 6.20 Å². The summed E-state index contributed by atoms with van der Waals surface area (Å²) in [6, 6.07) is 0. The zero-order valence-electron chi connectivity index (χ0n) is 7.63. The van der Waals surface area contributed by atoms with E-state index < -0.39 is 0 Å². The monoisotopic (exact) mass is 163 g/mol. The molecule has 0 saturated carbocycles. The maximum atomic E-state index is 4.23. The lowest BCUT2D eigenvalue weighted by Crippen LogP contribution is -1.86. The van der Waals surface area contributed by atoms with Crippen LogP contribution < -0.4 is 0 Å². The minimum absolute atomic E-state index is 0.533. The van der Waals surface area contributed by atoms with Crippen LogP contribution in [0.15, 0.2) is 12.4 Å². The van der Waals surface area contributed by atoms with Crippen molar-refractivity contribution in [3.8, 4) is 0 Å². The van der Waals surface area contributed by atoms with E-state index in [1.165, 1.54) is 11.4 Å². The Morgan fingerprint density at radius 2 is 2.25 bits per heavy atom. The molecule has 3 heteroatoms. The van der Waals surface area contributed by atoms with Crippen LogP contribution in [0.5, 0.6) is 0 Å². The van der Waals surface area contributed by atoms with Crippen molar-refractivity contribution < 1.29 is 0 Å². The summed E-state index contributed by atoms with van der Waals surface area (Å²) in [6.45, 7) is 6.39. The van der Waals surface area contributed by atoms with Gasteiger partial charge < -0.3 is 4.98 Å². The molecule has 2 heterocycles. The smallest absolute Gasteiger partial charge is 0.211 e. The highest BCUT2D eigenvalue weighted by Gasteiger charge is 2.05. The quantitative estimate of drug-likeness (QED) is 0.686. The average Bonchev–Trinajstić information content (AvgIpc) is 2.53. The van der Waals surface area contributed by atoms with Crippen LogP contribution in [0, 0.1) is 6.92 Å². The first kappa shape index (κ1) is 7.40. The number of rotatable bonds is 1. The van der Waals surface area contributed by atoms with E-state index in [0.717, 1.165) is 5.78 Å². The summed E-state index contributed by atoms with van der Waals surface area (Å²) in [6.07, 6.45) is 3.98. The summed E-state index contributed by atoms with van der Waals surface area (Å²) in [5, 5.41) is 0. The number of imidazole rings is 2. The Balaban J connectivity index is 2.63. The summed E-state index contributed by atoms with van der Waals surface area (Å²) in [7, 11) is 0. The van der Waals surface area contributed by atoms with Gasteiger partial charge in [-0.2, -0.15) is 0 Å². The molecule has 0 aliphatic heterocycles. The highest BCUT2D eigenvalue weighted by atomic mass is 15.1. The highest BCUT2D eigenvalue weighted by molar-refractivity contribution is 5.34. The fourth-order valence-corrected chi connectivity index (χ4v) is 1.30. The number of aryl methyl sites for hydroxylation is 1. The number of aromatic amines is 1. The average molecular weight is 163 g/mol. The SMILES string of the molecule is Cc1cnc2[nH]c(C(C)C)cn12. The third-order valence-electron chi connectivity index (χ3n) is 2.13. The Hall–Kier alpha value is -1.25. The van der Waals surface area contributed by atoms with Crippen LogP contribution in [-0.2, 0) is 0 Å². The van der Waals surface area contributed by atoms with Crippen LogP contribution in [0.4, 0.5) is 0 Å². The second-order valence-corrected chi connectivity index (χ2v) is 3.46. The molecule has 2 rings (SSSR count). The maximum Gasteiger partial charge on any atom is 0.211 e. The van der Waals surface area contributed by atoms with Crippen molar-refractivity contribution >= 4 is 5.78 Å². The van der Waals surface area contributed by atoms with Gasteiger partial charge in [0.25, 0.3) is 0 Å². The number of aromatic nitrogens is 3. The molecule has 0 aliphatic rings. The second kappa shape index (κ2) is 2.37. The van der Waals surface area contributed by atoms with Gasteiger partial charge in [0.1, 0.15) is 0 Å². The van der Waals surface area contributed by atoms with Crippen LogP contribution in [0.25, 0.3) is 5.78 Å². The minimum Gasteiger partial charge on any atom is -0.327 e. The Morgan fingerprint density at radius 1 is 1.50 bits per heavy atom. The van der Waals surface area contributed by atoms with Gasteiger partial charge in [-0.25, -0.2) is 4.98 Å². The molecular weight excluding hydrogens is 150 g/mol. The third-order valence-corrected chi connectivity index (χ3v) is 2.13. The summed E-state index contributed by atoms with van der Waals surface area (Å²) < 4.78 is 2.08. The van der Waals surface area contributed by atoms with E-state index >= 15 is 0 Å². The number of fused-ring (bicyclic) bond motifs is 1. The van der Waals surface area contributed by atoms with Gasteiger partial charge in [-0.15, -0.1) is 0 Å². The fraction of sp³-hybridized carbons (Fsp3) is 0.444. The molecule has 12 heavy (non-hydrogen) atoms. The Morgan fingerprint density at radius 3 is 2.83 bits per heavy atom. The number of nitrogens with one attached hydrogen (secondary N) is 1. The minimum atomic E-state index is 0.533. The van der Waals surface area contributed by atoms with Crippen molar-refractivity contribution in [2.24, 2.45) is 0 Å². The second-order valence-electron chi connectivity index (χ2n) is 3.46. The topological polar surface area (TPSA) is 33.1 Å². The molecule has 0 saturated heterocycles. The van der Waals surface area contributed by atoms with Crippen LogP contribution >= 0.6 is 0 Å². The first-order chi connectivity index (χ1) is 5.68. The lowest BCUT2D eigenvalue weighted by Gasteiger charge is -1.97. The van der Waals surface area contributed by atoms with E-state index in [1.54, 1.807) is 0 Å². The van der Waals surface area contributed by atoms with E-state index in [-0.39, 0.29) is 0 Å². The molecule has 0 fully saturated rings. The molecule has 2 aromatic heterocycles. The van der Waals surface area contributed by atoms with Crippen LogP contribution in [-0.4, -0.2) is 14.4 Å². The first-order valence-electron chi connectivity index (χ1n) is 4.21. The molecule has 0 atom stereocenters. The van der Waals surface area contributed by atoms with E-state index in [9.17, 15) is 0 Å². The number of H-pyrrole nitrogens is 1. The van der Waals surface area contributed by atoms with Gasteiger partial charge in [0.15, 0.2) is 0 Å². The Kier molecular flexibility index (Phi) is 1.46. The Bertz CT molecular complexity index is 395.